The van der Waals surface area contributed by atoms with Gasteiger partial charge in [-0.2, -0.15) is 0 Å². The lowest BCUT2D eigenvalue weighted by atomic mass is 9.96. The molecular weight excluding hydrogens is 350 g/mol. The Balaban J connectivity index is 1.84. The number of benzene rings is 2. The summed E-state index contributed by atoms with van der Waals surface area (Å²) in [6.45, 7) is 0.903. The summed E-state index contributed by atoms with van der Waals surface area (Å²) < 4.78 is 30.1. The second-order valence-electron chi connectivity index (χ2n) is 6.74. The van der Waals surface area contributed by atoms with Gasteiger partial charge in [-0.25, -0.2) is 0 Å². The Morgan fingerprint density at radius 2 is 1.96 bits per heavy atom. The summed E-state index contributed by atoms with van der Waals surface area (Å²) in [5.41, 5.74) is 3.10. The summed E-state index contributed by atoms with van der Waals surface area (Å²) in [6.07, 6.45) is 2.32. The Morgan fingerprint density at radius 3 is 2.70 bits per heavy atom. The van der Waals surface area contributed by atoms with Crippen molar-refractivity contribution >= 4 is 0 Å². The molecule has 1 aliphatic rings. The van der Waals surface area contributed by atoms with E-state index in [0.717, 1.165) is 30.5 Å². The second-order valence-corrected chi connectivity index (χ2v) is 6.74. The van der Waals surface area contributed by atoms with E-state index < -0.39 is 0 Å². The molecule has 1 atom stereocenters. The van der Waals surface area contributed by atoms with E-state index in [0.29, 0.717) is 12.2 Å². The van der Waals surface area contributed by atoms with E-state index in [9.17, 15) is 10.2 Å². The van der Waals surface area contributed by atoms with E-state index >= 15 is 0 Å². The predicted molar refractivity (Wildman–Crippen MR) is 103 cm³/mol. The molecule has 0 unspecified atom stereocenters. The molecule has 2 N–H and O–H groups in total. The highest BCUT2D eigenvalue weighted by atomic mass is 16.5. The van der Waals surface area contributed by atoms with Gasteiger partial charge in [0.05, 0.1) is 24.0 Å². The van der Waals surface area contributed by atoms with Crippen LogP contribution in [0, 0.1) is 0 Å². The normalized spacial score (nSPS) is 17.6. The maximum Gasteiger partial charge on any atom is 0.203 e. The van der Waals surface area contributed by atoms with Gasteiger partial charge in [0.25, 0.3) is 0 Å². The first kappa shape index (κ1) is 16.6. The van der Waals surface area contributed by atoms with Crippen molar-refractivity contribution in [3.05, 3.63) is 41.0 Å². The lowest BCUT2D eigenvalue weighted by molar-refractivity contribution is 0.218. The lowest BCUT2D eigenvalue weighted by Gasteiger charge is -2.35. The molecule has 0 aromatic heterocycles. The molecule has 0 amide bonds. The van der Waals surface area contributed by atoms with Crippen molar-refractivity contribution in [3.63, 3.8) is 0 Å². The van der Waals surface area contributed by atoms with Crippen molar-refractivity contribution in [2.75, 3.05) is 34.9 Å². The molecule has 6 nitrogen and oxygen atoms in total. The fourth-order valence-electron chi connectivity index (χ4n) is 3.73. The highest BCUT2D eigenvalue weighted by Gasteiger charge is 2.26. The van der Waals surface area contributed by atoms with Crippen LogP contribution in [0.5, 0.6) is 28.7 Å². The summed E-state index contributed by atoms with van der Waals surface area (Å²) in [4.78, 5) is 2.26. The van der Waals surface area contributed by atoms with Crippen LogP contribution in [0.25, 0.3) is 0 Å². The SMILES string of the molecule is [3H]COc1cc(C[14CH2][C@H]2c3cc(O)c(OC)cc3CCN2[14CH3])cc(O)c1OC[3H]. The zero-order valence-electron chi connectivity index (χ0n) is 17.7. The number of hydrogen-bond acceptors (Lipinski definition) is 6. The Hall–Kier alpha value is -2.60. The molecule has 0 radical (unpaired) electrons. The number of rotatable bonds is 6. The first-order valence-electron chi connectivity index (χ1n) is 10.2. The number of hydrogen-bond donors (Lipinski definition) is 2. The second kappa shape index (κ2) is 7.96. The van der Waals surface area contributed by atoms with Gasteiger partial charge in [-0.3, -0.25) is 4.90 Å². The molecule has 3 rings (SSSR count). The van der Waals surface area contributed by atoms with Gasteiger partial charge >= 0.3 is 0 Å². The molecule has 0 bridgehead atoms. The lowest BCUT2D eigenvalue weighted by Crippen LogP contribution is -2.32. The molecule has 6 heteroatoms. The quantitative estimate of drug-likeness (QED) is 0.800. The molecule has 0 aliphatic carbocycles. The third kappa shape index (κ3) is 3.76. The Kier molecular flexibility index (Phi) is 4.89. The van der Waals surface area contributed by atoms with Crippen molar-refractivity contribution in [1.29, 1.82) is 0 Å². The first-order valence-corrected chi connectivity index (χ1v) is 8.78. The zero-order chi connectivity index (χ0) is 21.0. The monoisotopic (exact) mass is 381 g/mol. The summed E-state index contributed by atoms with van der Waals surface area (Å²) >= 11 is 0. The number of phenols is 2. The van der Waals surface area contributed by atoms with Crippen LogP contribution in [-0.2, 0) is 12.8 Å². The number of aromatic hydroxyl groups is 2. The third-order valence-corrected chi connectivity index (χ3v) is 5.17. The average molecular weight is 381 g/mol. The van der Waals surface area contributed by atoms with Crippen molar-refractivity contribution in [2.24, 2.45) is 0 Å². The number of methoxy groups -OCH3 is 3. The van der Waals surface area contributed by atoms with Gasteiger partial charge < -0.3 is 24.4 Å². The van der Waals surface area contributed by atoms with Gasteiger partial charge in [-0.15, -0.1) is 0 Å². The van der Waals surface area contributed by atoms with Gasteiger partial charge in [0, 0.05) is 12.6 Å². The summed E-state index contributed by atoms with van der Waals surface area (Å²) in [5.74, 6) is 0.875. The van der Waals surface area contributed by atoms with E-state index in [1.807, 2.05) is 6.07 Å². The number of phenolic OH excluding ortho intramolecular Hbond substituents is 2. The smallest absolute Gasteiger partial charge is 0.203 e. The first-order chi connectivity index (χ1) is 14.0. The molecule has 0 fully saturated rings. The van der Waals surface area contributed by atoms with Crippen LogP contribution in [0.15, 0.2) is 24.3 Å². The van der Waals surface area contributed by atoms with Crippen LogP contribution in [0.3, 0.4) is 0 Å². The summed E-state index contributed by atoms with van der Waals surface area (Å²) in [5, 5.41) is 20.5. The van der Waals surface area contributed by atoms with Crippen LogP contribution in [0.2, 0.25) is 0 Å². The number of likely N-dealkylation sites (N-methyl/N-ethyl adjacent to an activating group) is 1. The maximum absolute atomic E-state index is 10.3. The van der Waals surface area contributed by atoms with E-state index in [4.69, 9.17) is 17.0 Å². The number of aryl methyl sites for hydroxylation is 1. The maximum atomic E-state index is 10.3. The number of fused-ring (bicyclic) bond motifs is 1. The molecule has 2 aromatic carbocycles. The van der Waals surface area contributed by atoms with Crippen LogP contribution < -0.4 is 14.2 Å². The minimum atomic E-state index is -0.349. The largest absolute Gasteiger partial charge is 0.504 e. The van der Waals surface area contributed by atoms with Crippen LogP contribution >= 0.6 is 0 Å². The van der Waals surface area contributed by atoms with Crippen molar-refractivity contribution in [3.8, 4) is 28.7 Å². The van der Waals surface area contributed by atoms with Gasteiger partial charge in [-0.1, -0.05) is 0 Å². The van der Waals surface area contributed by atoms with E-state index in [1.165, 1.54) is 5.56 Å². The topological polar surface area (TPSA) is 71.4 Å². The van der Waals surface area contributed by atoms with Gasteiger partial charge in [0.1, 0.15) is 0 Å². The molecule has 0 saturated carbocycles. The molecule has 146 valence electrons. The molecule has 2 aromatic rings. The fraction of sp³-hybridized carbons (Fsp3) is 0.429. The van der Waals surface area contributed by atoms with E-state index in [-0.39, 0.29) is 43.2 Å². The molecule has 27 heavy (non-hydrogen) atoms. The zero-order valence-corrected chi connectivity index (χ0v) is 15.7. The van der Waals surface area contributed by atoms with E-state index in [1.54, 1.807) is 25.3 Å². The third-order valence-electron chi connectivity index (χ3n) is 5.17. The predicted octanol–water partition coefficient (Wildman–Crippen LogP) is 3.29. The summed E-state index contributed by atoms with van der Waals surface area (Å²) in [6, 6.07) is 7.16. The molecular formula is C21H27NO5. The fourth-order valence-corrected chi connectivity index (χ4v) is 3.73. The van der Waals surface area contributed by atoms with Gasteiger partial charge in [0.15, 0.2) is 23.0 Å². The summed E-state index contributed by atoms with van der Waals surface area (Å²) in [7, 11) is 2.95. The van der Waals surface area contributed by atoms with Crippen molar-refractivity contribution in [2.45, 2.75) is 25.3 Å². The standard InChI is InChI=1S/C21H27NO5/c1-22-8-7-14-11-19(25-2)17(23)12-15(14)16(22)6-5-13-9-18(24)21(27-4)20(10-13)26-3/h9-12,16,23-24H,5-8H2,1-4H3/t16-/m0/s1/i1+2,3T,4T,6+2. The minimum absolute atomic E-state index is 0.0909. The van der Waals surface area contributed by atoms with Gasteiger partial charge in [0.2, 0.25) is 5.75 Å². The molecule has 1 heterocycles. The van der Waals surface area contributed by atoms with Crippen molar-refractivity contribution in [1.82, 2.24) is 4.90 Å². The highest BCUT2D eigenvalue weighted by molar-refractivity contribution is 5.53. The van der Waals surface area contributed by atoms with Crippen LogP contribution in [0.1, 0.15) is 31.9 Å². The Labute approximate surface area is 162 Å². The van der Waals surface area contributed by atoms with Crippen LogP contribution in [-0.4, -0.2) is 50.0 Å². The molecule has 1 aliphatic heterocycles. The highest BCUT2D eigenvalue weighted by Crippen LogP contribution is 2.41. The number of ether oxygens (including phenoxy) is 3. The van der Waals surface area contributed by atoms with E-state index in [2.05, 4.69) is 11.9 Å². The average Bonchev–Trinajstić information content (AvgIpc) is 2.69. The van der Waals surface area contributed by atoms with Crippen LogP contribution in [0.4, 0.5) is 0 Å². The Bertz CT molecular complexity index is 861. The Morgan fingerprint density at radius 1 is 1.15 bits per heavy atom. The van der Waals surface area contributed by atoms with Crippen molar-refractivity contribution < 1.29 is 27.2 Å². The molecule has 0 saturated heterocycles. The minimum Gasteiger partial charge on any atom is -0.504 e. The number of nitrogens with zero attached hydrogens (tertiary/aromatic N) is 1. The van der Waals surface area contributed by atoms with Gasteiger partial charge in [-0.05, 0) is 67.3 Å². The molecule has 0 spiro atoms.